The number of benzene rings is 1. The maximum Gasteiger partial charge on any atom is 0.331 e. The second kappa shape index (κ2) is 6.06. The van der Waals surface area contributed by atoms with E-state index in [1.807, 2.05) is 33.8 Å². The van der Waals surface area contributed by atoms with Crippen molar-refractivity contribution < 1.29 is 14.5 Å². The normalized spacial score (nSPS) is 12.6. The highest BCUT2D eigenvalue weighted by atomic mass is 16.5. The maximum absolute atomic E-state index is 10.1. The van der Waals surface area contributed by atoms with E-state index in [2.05, 4.69) is 0 Å². The van der Waals surface area contributed by atoms with Gasteiger partial charge in [0.15, 0.2) is 0 Å². The topological polar surface area (TPSA) is 64.7 Å². The van der Waals surface area contributed by atoms with Crippen molar-refractivity contribution in [2.45, 2.75) is 58.8 Å². The molecule has 0 bridgehead atoms. The van der Waals surface area contributed by atoms with Crippen LogP contribution in [-0.4, -0.2) is 29.9 Å². The molecule has 0 aliphatic rings. The molecular weight excluding hydrogens is 253 g/mol. The van der Waals surface area contributed by atoms with E-state index in [0.29, 0.717) is 11.4 Å². The summed E-state index contributed by atoms with van der Waals surface area (Å²) in [5.74, 6) is 0.705. The SMILES string of the molecule is CC(C)Oc1cc(N)cc([B]OC(C)(C)C(C)(C)O)c1. The number of nitrogen functional groups attached to an aromatic ring is 1. The number of nitrogens with two attached hydrogens (primary N) is 1. The molecule has 0 fully saturated rings. The van der Waals surface area contributed by atoms with Crippen LogP contribution in [0.4, 0.5) is 5.69 Å². The van der Waals surface area contributed by atoms with Crippen LogP contribution in [-0.2, 0) is 4.65 Å². The van der Waals surface area contributed by atoms with Gasteiger partial charge in [0.05, 0.1) is 17.3 Å². The molecule has 5 heteroatoms. The molecular formula is C15H25BNO3. The molecule has 0 amide bonds. The molecule has 20 heavy (non-hydrogen) atoms. The Hall–Kier alpha value is -1.20. The summed E-state index contributed by atoms with van der Waals surface area (Å²) in [4.78, 5) is 0. The second-order valence-electron chi connectivity index (χ2n) is 6.31. The van der Waals surface area contributed by atoms with E-state index in [0.717, 1.165) is 5.46 Å². The Morgan fingerprint density at radius 2 is 1.75 bits per heavy atom. The Morgan fingerprint density at radius 3 is 2.25 bits per heavy atom. The van der Waals surface area contributed by atoms with Gasteiger partial charge in [-0.3, -0.25) is 0 Å². The standard InChI is InChI=1S/C15H25BNO3/c1-10(2)19-13-8-11(7-12(17)9-13)16-20-15(5,6)14(3,4)18/h7-10,18H,17H2,1-6H3. The smallest absolute Gasteiger partial charge is 0.331 e. The molecule has 1 radical (unpaired) electrons. The molecule has 0 saturated heterocycles. The van der Waals surface area contributed by atoms with E-state index >= 15 is 0 Å². The van der Waals surface area contributed by atoms with E-state index in [1.165, 1.54) is 0 Å². The Morgan fingerprint density at radius 1 is 1.15 bits per heavy atom. The molecule has 0 aromatic heterocycles. The summed E-state index contributed by atoms with van der Waals surface area (Å²) in [6.07, 6.45) is 0.0818. The Balaban J connectivity index is 2.81. The van der Waals surface area contributed by atoms with Gasteiger partial charge >= 0.3 is 7.48 Å². The first kappa shape index (κ1) is 16.9. The summed E-state index contributed by atoms with van der Waals surface area (Å²) in [7, 11) is 1.60. The van der Waals surface area contributed by atoms with Crippen LogP contribution < -0.4 is 15.9 Å². The summed E-state index contributed by atoms with van der Waals surface area (Å²) >= 11 is 0. The van der Waals surface area contributed by atoms with Crippen LogP contribution in [0.15, 0.2) is 18.2 Å². The Kier molecular flexibility index (Phi) is 5.11. The van der Waals surface area contributed by atoms with E-state index in [4.69, 9.17) is 15.1 Å². The highest BCUT2D eigenvalue weighted by Gasteiger charge is 2.35. The van der Waals surface area contributed by atoms with Crippen molar-refractivity contribution >= 4 is 18.6 Å². The van der Waals surface area contributed by atoms with Gasteiger partial charge in [-0.1, -0.05) is 0 Å². The summed E-state index contributed by atoms with van der Waals surface area (Å²) < 4.78 is 11.3. The molecule has 0 spiro atoms. The molecule has 1 rings (SSSR count). The fourth-order valence-corrected chi connectivity index (χ4v) is 1.41. The highest BCUT2D eigenvalue weighted by molar-refractivity contribution is 6.47. The van der Waals surface area contributed by atoms with Crippen LogP contribution >= 0.6 is 0 Å². The van der Waals surface area contributed by atoms with Gasteiger partial charge < -0.3 is 20.2 Å². The quantitative estimate of drug-likeness (QED) is 0.616. The lowest BCUT2D eigenvalue weighted by Crippen LogP contribution is -2.49. The first-order valence-corrected chi connectivity index (χ1v) is 6.82. The molecule has 0 aliphatic carbocycles. The van der Waals surface area contributed by atoms with Crippen molar-refractivity contribution in [1.82, 2.24) is 0 Å². The van der Waals surface area contributed by atoms with Crippen LogP contribution in [0.5, 0.6) is 5.75 Å². The number of hydrogen-bond donors (Lipinski definition) is 2. The van der Waals surface area contributed by atoms with Crippen LogP contribution in [0.1, 0.15) is 41.5 Å². The summed E-state index contributed by atoms with van der Waals surface area (Å²) in [5.41, 5.74) is 5.60. The molecule has 0 atom stereocenters. The molecule has 111 valence electrons. The number of hydrogen-bond acceptors (Lipinski definition) is 4. The van der Waals surface area contributed by atoms with Gasteiger partial charge in [0.1, 0.15) is 5.75 Å². The molecule has 4 nitrogen and oxygen atoms in total. The molecule has 0 heterocycles. The van der Waals surface area contributed by atoms with Crippen molar-refractivity contribution in [3.8, 4) is 5.75 Å². The highest BCUT2D eigenvalue weighted by Crippen LogP contribution is 2.24. The van der Waals surface area contributed by atoms with Gasteiger partial charge in [-0.2, -0.15) is 0 Å². The largest absolute Gasteiger partial charge is 0.491 e. The average Bonchev–Trinajstić information content (AvgIpc) is 2.23. The van der Waals surface area contributed by atoms with Crippen LogP contribution in [0.3, 0.4) is 0 Å². The van der Waals surface area contributed by atoms with Crippen LogP contribution in [0.25, 0.3) is 0 Å². The van der Waals surface area contributed by atoms with Gasteiger partial charge in [-0.25, -0.2) is 0 Å². The zero-order valence-electron chi connectivity index (χ0n) is 13.2. The first-order valence-electron chi connectivity index (χ1n) is 6.82. The number of anilines is 1. The zero-order chi connectivity index (χ0) is 15.6. The molecule has 1 aromatic rings. The van der Waals surface area contributed by atoms with E-state index in [9.17, 15) is 5.11 Å². The lowest BCUT2D eigenvalue weighted by Gasteiger charge is -2.37. The predicted octanol–water partition coefficient (Wildman–Crippen LogP) is 1.87. The van der Waals surface area contributed by atoms with E-state index < -0.39 is 11.2 Å². The minimum absolute atomic E-state index is 0.0818. The molecule has 1 aromatic carbocycles. The van der Waals surface area contributed by atoms with Crippen LogP contribution in [0.2, 0.25) is 0 Å². The number of ether oxygens (including phenoxy) is 1. The molecule has 0 saturated carbocycles. The predicted molar refractivity (Wildman–Crippen MR) is 83.5 cm³/mol. The Bertz CT molecular complexity index is 453. The summed E-state index contributed by atoms with van der Waals surface area (Å²) in [6, 6.07) is 5.43. The average molecular weight is 278 g/mol. The molecule has 3 N–H and O–H groups in total. The van der Waals surface area contributed by atoms with Crippen molar-refractivity contribution in [3.63, 3.8) is 0 Å². The van der Waals surface area contributed by atoms with Gasteiger partial charge in [0.25, 0.3) is 0 Å². The fourth-order valence-electron chi connectivity index (χ4n) is 1.41. The monoisotopic (exact) mass is 278 g/mol. The number of rotatable bonds is 6. The lowest BCUT2D eigenvalue weighted by molar-refractivity contribution is -0.0893. The number of aliphatic hydroxyl groups is 1. The maximum atomic E-state index is 10.1. The third kappa shape index (κ3) is 4.73. The third-order valence-electron chi connectivity index (χ3n) is 3.29. The minimum Gasteiger partial charge on any atom is -0.491 e. The van der Waals surface area contributed by atoms with Gasteiger partial charge in [-0.15, -0.1) is 0 Å². The van der Waals surface area contributed by atoms with Crippen molar-refractivity contribution in [2.75, 3.05) is 5.73 Å². The van der Waals surface area contributed by atoms with Crippen molar-refractivity contribution in [3.05, 3.63) is 18.2 Å². The van der Waals surface area contributed by atoms with E-state index in [1.54, 1.807) is 33.5 Å². The lowest BCUT2D eigenvalue weighted by atomic mass is 9.82. The molecule has 0 aliphatic heterocycles. The third-order valence-corrected chi connectivity index (χ3v) is 3.29. The Labute approximate surface area is 122 Å². The van der Waals surface area contributed by atoms with Gasteiger partial charge in [0, 0.05) is 11.8 Å². The molecule has 0 unspecified atom stereocenters. The summed E-state index contributed by atoms with van der Waals surface area (Å²) in [6.45, 7) is 11.0. The second-order valence-corrected chi connectivity index (χ2v) is 6.31. The van der Waals surface area contributed by atoms with Crippen molar-refractivity contribution in [2.24, 2.45) is 0 Å². The van der Waals surface area contributed by atoms with Gasteiger partial charge in [0.2, 0.25) is 0 Å². The van der Waals surface area contributed by atoms with Crippen LogP contribution in [0, 0.1) is 0 Å². The van der Waals surface area contributed by atoms with E-state index in [-0.39, 0.29) is 6.10 Å². The zero-order valence-corrected chi connectivity index (χ0v) is 13.2. The fraction of sp³-hybridized carbons (Fsp3) is 0.600. The van der Waals surface area contributed by atoms with Gasteiger partial charge in [-0.05, 0) is 59.1 Å². The van der Waals surface area contributed by atoms with Crippen molar-refractivity contribution in [1.29, 1.82) is 0 Å². The summed E-state index contributed by atoms with van der Waals surface area (Å²) in [5, 5.41) is 10.1. The minimum atomic E-state index is -0.957. The first-order chi connectivity index (χ1) is 9.01.